The van der Waals surface area contributed by atoms with Crippen molar-refractivity contribution in [2.75, 3.05) is 0 Å². The van der Waals surface area contributed by atoms with Crippen LogP contribution in [0.4, 0.5) is 0 Å². The monoisotopic (exact) mass is 248 g/mol. The van der Waals surface area contributed by atoms with E-state index in [0.717, 1.165) is 11.6 Å². The van der Waals surface area contributed by atoms with E-state index < -0.39 is 11.9 Å². The molecule has 4 heteroatoms. The second kappa shape index (κ2) is 6.59. The Kier molecular flexibility index (Phi) is 5.11. The average Bonchev–Trinajstić information content (AvgIpc) is 2.28. The summed E-state index contributed by atoms with van der Waals surface area (Å²) < 4.78 is 5.01. The maximum Gasteiger partial charge on any atom is 0.334 e. The Hall–Kier alpha value is -2.10. The fourth-order valence-electron chi connectivity index (χ4n) is 1.44. The molecule has 0 aromatic heterocycles. The molecule has 1 rings (SSSR count). The first-order chi connectivity index (χ1) is 8.49. The highest BCUT2D eigenvalue weighted by atomic mass is 16.5. The molecule has 0 aliphatic rings. The molecule has 0 spiro atoms. The van der Waals surface area contributed by atoms with E-state index in [4.69, 9.17) is 9.84 Å². The summed E-state index contributed by atoms with van der Waals surface area (Å²) in [5, 5.41) is 8.76. The third kappa shape index (κ3) is 4.82. The number of esters is 1. The molecule has 0 unspecified atom stereocenters. The zero-order valence-electron chi connectivity index (χ0n) is 10.4. The number of carbonyl (C=O) groups excluding carboxylic acids is 1. The van der Waals surface area contributed by atoms with Crippen LogP contribution in [0.15, 0.2) is 42.0 Å². The van der Waals surface area contributed by atoms with Crippen LogP contribution < -0.4 is 0 Å². The van der Waals surface area contributed by atoms with Gasteiger partial charge >= 0.3 is 11.9 Å². The molecule has 0 amide bonds. The highest BCUT2D eigenvalue weighted by Gasteiger charge is 2.14. The molecule has 18 heavy (non-hydrogen) atoms. The highest BCUT2D eigenvalue weighted by Crippen LogP contribution is 2.10. The summed E-state index contributed by atoms with van der Waals surface area (Å²) in [5.41, 5.74) is 1.01. The van der Waals surface area contributed by atoms with E-state index in [1.165, 1.54) is 0 Å². The molecular formula is C14H16O4. The van der Waals surface area contributed by atoms with E-state index in [9.17, 15) is 9.59 Å². The minimum Gasteiger partial charge on any atom is -0.478 e. The van der Waals surface area contributed by atoms with Crippen LogP contribution in [-0.4, -0.2) is 23.1 Å². The Balaban J connectivity index is 2.86. The number of rotatable bonds is 5. The van der Waals surface area contributed by atoms with Gasteiger partial charge in [-0.2, -0.15) is 0 Å². The largest absolute Gasteiger partial charge is 0.478 e. The summed E-state index contributed by atoms with van der Waals surface area (Å²) in [6, 6.07) is 9.19. The average molecular weight is 248 g/mol. The SMILES string of the molecule is CC(C)OC(=O)C(=CC(=O)O)Cc1ccccc1. The van der Waals surface area contributed by atoms with Gasteiger partial charge in [0.15, 0.2) is 0 Å². The fourth-order valence-corrected chi connectivity index (χ4v) is 1.44. The van der Waals surface area contributed by atoms with Gasteiger partial charge in [-0.1, -0.05) is 30.3 Å². The van der Waals surface area contributed by atoms with E-state index in [0.29, 0.717) is 0 Å². The molecule has 1 aromatic rings. The van der Waals surface area contributed by atoms with E-state index >= 15 is 0 Å². The van der Waals surface area contributed by atoms with Gasteiger partial charge in [-0.25, -0.2) is 9.59 Å². The van der Waals surface area contributed by atoms with E-state index in [1.54, 1.807) is 13.8 Å². The minimum atomic E-state index is -1.15. The molecule has 0 aliphatic carbocycles. The third-order valence-corrected chi connectivity index (χ3v) is 2.14. The molecule has 4 nitrogen and oxygen atoms in total. The predicted molar refractivity (Wildman–Crippen MR) is 67.1 cm³/mol. The molecule has 0 atom stereocenters. The van der Waals surface area contributed by atoms with Gasteiger partial charge in [-0.3, -0.25) is 0 Å². The first-order valence-electron chi connectivity index (χ1n) is 5.67. The Morgan fingerprint density at radius 3 is 2.39 bits per heavy atom. The lowest BCUT2D eigenvalue weighted by Crippen LogP contribution is -2.16. The topological polar surface area (TPSA) is 63.6 Å². The van der Waals surface area contributed by atoms with Gasteiger partial charge < -0.3 is 9.84 Å². The van der Waals surface area contributed by atoms with Gasteiger partial charge in [0.05, 0.1) is 6.10 Å². The molecule has 0 aliphatic heterocycles. The van der Waals surface area contributed by atoms with E-state index in [1.807, 2.05) is 30.3 Å². The van der Waals surface area contributed by atoms with Crippen molar-refractivity contribution in [3.05, 3.63) is 47.5 Å². The number of ether oxygens (including phenoxy) is 1. The maximum absolute atomic E-state index is 11.7. The Morgan fingerprint density at radius 1 is 1.28 bits per heavy atom. The van der Waals surface area contributed by atoms with Gasteiger partial charge in [0.25, 0.3) is 0 Å². The predicted octanol–water partition coefficient (Wildman–Crippen LogP) is 2.19. The van der Waals surface area contributed by atoms with Crippen molar-refractivity contribution < 1.29 is 19.4 Å². The molecular weight excluding hydrogens is 232 g/mol. The van der Waals surface area contributed by atoms with E-state index in [2.05, 4.69) is 0 Å². The molecule has 1 aromatic carbocycles. The lowest BCUT2D eigenvalue weighted by Gasteiger charge is -2.10. The first-order valence-corrected chi connectivity index (χ1v) is 5.67. The number of hydrogen-bond donors (Lipinski definition) is 1. The molecule has 0 saturated heterocycles. The molecule has 0 fully saturated rings. The van der Waals surface area contributed by atoms with Crippen molar-refractivity contribution in [1.82, 2.24) is 0 Å². The van der Waals surface area contributed by atoms with Crippen LogP contribution in [0.25, 0.3) is 0 Å². The second-order valence-corrected chi connectivity index (χ2v) is 4.12. The van der Waals surface area contributed by atoms with Crippen LogP contribution in [0.5, 0.6) is 0 Å². The number of carboxylic acid groups (broad SMARTS) is 1. The summed E-state index contributed by atoms with van der Waals surface area (Å²) in [7, 11) is 0. The zero-order chi connectivity index (χ0) is 13.5. The molecule has 0 heterocycles. The second-order valence-electron chi connectivity index (χ2n) is 4.12. The molecule has 0 radical (unpaired) electrons. The van der Waals surface area contributed by atoms with Crippen LogP contribution in [0, 0.1) is 0 Å². The summed E-state index contributed by atoms with van der Waals surface area (Å²) in [6.07, 6.45) is 0.876. The van der Waals surface area contributed by atoms with Gasteiger partial charge in [0.1, 0.15) is 0 Å². The number of benzene rings is 1. The van der Waals surface area contributed by atoms with Gasteiger partial charge in [0.2, 0.25) is 0 Å². The standard InChI is InChI=1S/C14H16O4/c1-10(2)18-14(17)12(9-13(15)16)8-11-6-4-3-5-7-11/h3-7,9-10H,8H2,1-2H3,(H,15,16). The minimum absolute atomic E-state index is 0.141. The van der Waals surface area contributed by atoms with Gasteiger partial charge in [0, 0.05) is 18.1 Å². The van der Waals surface area contributed by atoms with Crippen molar-refractivity contribution in [2.45, 2.75) is 26.4 Å². The quantitative estimate of drug-likeness (QED) is 0.641. The molecule has 0 bridgehead atoms. The lowest BCUT2D eigenvalue weighted by atomic mass is 10.1. The third-order valence-electron chi connectivity index (χ3n) is 2.14. The van der Waals surface area contributed by atoms with Crippen LogP contribution in [0.1, 0.15) is 19.4 Å². The van der Waals surface area contributed by atoms with Crippen molar-refractivity contribution in [2.24, 2.45) is 0 Å². The zero-order valence-corrected chi connectivity index (χ0v) is 10.4. The van der Waals surface area contributed by atoms with Crippen molar-refractivity contribution in [1.29, 1.82) is 0 Å². The number of hydrogen-bond acceptors (Lipinski definition) is 3. The van der Waals surface area contributed by atoms with Gasteiger partial charge in [-0.05, 0) is 19.4 Å². The Labute approximate surface area is 106 Å². The number of carbonyl (C=O) groups is 2. The molecule has 1 N–H and O–H groups in total. The smallest absolute Gasteiger partial charge is 0.334 e. The summed E-state index contributed by atoms with van der Waals surface area (Å²) in [5.74, 6) is -1.74. The van der Waals surface area contributed by atoms with Crippen LogP contribution in [-0.2, 0) is 20.7 Å². The van der Waals surface area contributed by atoms with E-state index in [-0.39, 0.29) is 18.1 Å². The van der Waals surface area contributed by atoms with Crippen LogP contribution in [0.2, 0.25) is 0 Å². The summed E-state index contributed by atoms with van der Waals surface area (Å²) in [6.45, 7) is 3.44. The fraction of sp³-hybridized carbons (Fsp3) is 0.286. The number of carboxylic acids is 1. The summed E-state index contributed by atoms with van der Waals surface area (Å²) >= 11 is 0. The van der Waals surface area contributed by atoms with Crippen LogP contribution >= 0.6 is 0 Å². The summed E-state index contributed by atoms with van der Waals surface area (Å²) in [4.78, 5) is 22.4. The number of aliphatic carboxylic acids is 1. The normalized spacial score (nSPS) is 11.4. The van der Waals surface area contributed by atoms with Crippen molar-refractivity contribution >= 4 is 11.9 Å². The maximum atomic E-state index is 11.7. The lowest BCUT2D eigenvalue weighted by molar-refractivity contribution is -0.143. The molecule has 0 saturated carbocycles. The van der Waals surface area contributed by atoms with Crippen molar-refractivity contribution in [3.8, 4) is 0 Å². The first kappa shape index (κ1) is 14.0. The van der Waals surface area contributed by atoms with Crippen LogP contribution in [0.3, 0.4) is 0 Å². The molecule has 96 valence electrons. The highest BCUT2D eigenvalue weighted by molar-refractivity contribution is 5.96. The Morgan fingerprint density at radius 2 is 1.89 bits per heavy atom. The van der Waals surface area contributed by atoms with Gasteiger partial charge in [-0.15, -0.1) is 0 Å². The van der Waals surface area contributed by atoms with Crippen molar-refractivity contribution in [3.63, 3.8) is 0 Å². The Bertz CT molecular complexity index is 446.